The molecule has 0 atom stereocenters. The van der Waals surface area contributed by atoms with Crippen LogP contribution in [0.1, 0.15) is 45.7 Å². The number of fused-ring (bicyclic) bond motifs is 2. The molecule has 4 aromatic rings. The van der Waals surface area contributed by atoms with Gasteiger partial charge in [-0.05, 0) is 79.4 Å². The fraction of sp³-hybridized carbons (Fsp3) is 0.207. The Kier molecular flexibility index (Phi) is 6.48. The van der Waals surface area contributed by atoms with Crippen molar-refractivity contribution < 1.29 is 14.3 Å². The van der Waals surface area contributed by atoms with Crippen LogP contribution in [-0.2, 0) is 6.42 Å². The SMILES string of the molecule is CNC(=O)c1ccc(-c2cc3c(c(C(=O)NCCc4c[nH]c5ncccc45)c2)OC(C)(C)C=C3)cc1Cl. The minimum atomic E-state index is -0.543. The summed E-state index contributed by atoms with van der Waals surface area (Å²) < 4.78 is 6.22. The van der Waals surface area contributed by atoms with Crippen molar-refractivity contribution in [1.82, 2.24) is 20.6 Å². The van der Waals surface area contributed by atoms with E-state index < -0.39 is 5.60 Å². The first kappa shape index (κ1) is 24.6. The monoisotopic (exact) mass is 514 g/mol. The second-order valence-corrected chi connectivity index (χ2v) is 9.88. The lowest BCUT2D eigenvalue weighted by atomic mass is 9.94. The molecule has 2 aromatic heterocycles. The van der Waals surface area contributed by atoms with Crippen LogP contribution in [0.3, 0.4) is 0 Å². The molecule has 0 saturated carbocycles. The molecule has 7 nitrogen and oxygen atoms in total. The highest BCUT2D eigenvalue weighted by Gasteiger charge is 2.27. The zero-order chi connectivity index (χ0) is 26.2. The number of carbonyl (C=O) groups excluding carboxylic acids is 2. The van der Waals surface area contributed by atoms with Gasteiger partial charge in [0.1, 0.15) is 17.0 Å². The van der Waals surface area contributed by atoms with Gasteiger partial charge in [-0.15, -0.1) is 0 Å². The van der Waals surface area contributed by atoms with Crippen LogP contribution in [0.5, 0.6) is 5.75 Å². The Bertz CT molecular complexity index is 1550. The van der Waals surface area contributed by atoms with Gasteiger partial charge in [0.15, 0.2) is 0 Å². The average Bonchev–Trinajstić information content (AvgIpc) is 3.30. The number of ether oxygens (including phenoxy) is 1. The highest BCUT2D eigenvalue weighted by molar-refractivity contribution is 6.34. The number of carbonyl (C=O) groups is 2. The molecule has 1 aliphatic heterocycles. The molecule has 0 bridgehead atoms. The maximum atomic E-state index is 13.4. The number of benzene rings is 2. The Labute approximate surface area is 219 Å². The summed E-state index contributed by atoms with van der Waals surface area (Å²) in [7, 11) is 1.56. The molecule has 0 unspecified atom stereocenters. The average molecular weight is 515 g/mol. The number of amides is 2. The van der Waals surface area contributed by atoms with Gasteiger partial charge in [0, 0.05) is 36.9 Å². The molecule has 37 heavy (non-hydrogen) atoms. The summed E-state index contributed by atoms with van der Waals surface area (Å²) in [5.74, 6) is 0.0555. The van der Waals surface area contributed by atoms with Gasteiger partial charge in [-0.3, -0.25) is 9.59 Å². The highest BCUT2D eigenvalue weighted by atomic mass is 35.5. The second kappa shape index (κ2) is 9.75. The van der Waals surface area contributed by atoms with Crippen molar-refractivity contribution in [2.24, 2.45) is 0 Å². The molecule has 0 spiro atoms. The van der Waals surface area contributed by atoms with Gasteiger partial charge in [0.2, 0.25) is 0 Å². The molecule has 0 saturated heterocycles. The van der Waals surface area contributed by atoms with Crippen molar-refractivity contribution in [2.75, 3.05) is 13.6 Å². The number of halogens is 1. The highest BCUT2D eigenvalue weighted by Crippen LogP contribution is 2.38. The Morgan fingerprint density at radius 3 is 2.70 bits per heavy atom. The van der Waals surface area contributed by atoms with E-state index in [-0.39, 0.29) is 11.8 Å². The number of aromatic amines is 1. The van der Waals surface area contributed by atoms with Gasteiger partial charge in [0.25, 0.3) is 11.8 Å². The molecule has 1 aliphatic rings. The van der Waals surface area contributed by atoms with E-state index in [2.05, 4.69) is 20.6 Å². The van der Waals surface area contributed by atoms with Crippen LogP contribution in [0, 0.1) is 0 Å². The molecular weight excluding hydrogens is 488 g/mol. The zero-order valence-electron chi connectivity index (χ0n) is 20.8. The fourth-order valence-corrected chi connectivity index (χ4v) is 4.72. The molecule has 188 valence electrons. The van der Waals surface area contributed by atoms with E-state index in [0.29, 0.717) is 34.9 Å². The van der Waals surface area contributed by atoms with Gasteiger partial charge in [-0.2, -0.15) is 0 Å². The lowest BCUT2D eigenvalue weighted by molar-refractivity contribution is 0.0938. The predicted octanol–water partition coefficient (Wildman–Crippen LogP) is 5.40. The number of H-pyrrole nitrogens is 1. The number of rotatable bonds is 6. The van der Waals surface area contributed by atoms with E-state index in [1.165, 1.54) is 0 Å². The number of hydrogen-bond acceptors (Lipinski definition) is 4. The minimum absolute atomic E-state index is 0.227. The summed E-state index contributed by atoms with van der Waals surface area (Å²) in [6.45, 7) is 4.35. The van der Waals surface area contributed by atoms with Gasteiger partial charge >= 0.3 is 0 Å². The molecule has 2 aromatic carbocycles. The van der Waals surface area contributed by atoms with Crippen LogP contribution in [-0.4, -0.2) is 41.0 Å². The van der Waals surface area contributed by atoms with E-state index >= 15 is 0 Å². The first-order valence-corrected chi connectivity index (χ1v) is 12.4. The van der Waals surface area contributed by atoms with E-state index in [9.17, 15) is 9.59 Å². The summed E-state index contributed by atoms with van der Waals surface area (Å²) in [4.78, 5) is 33.0. The Morgan fingerprint density at radius 2 is 1.92 bits per heavy atom. The number of hydrogen-bond donors (Lipinski definition) is 3. The molecule has 0 fully saturated rings. The molecular formula is C29H27ClN4O3. The van der Waals surface area contributed by atoms with Gasteiger partial charge < -0.3 is 20.4 Å². The number of nitrogens with one attached hydrogen (secondary N) is 3. The summed E-state index contributed by atoms with van der Waals surface area (Å²) >= 11 is 6.41. The Hall–Kier alpha value is -4.10. The van der Waals surface area contributed by atoms with Crippen LogP contribution in [0.2, 0.25) is 5.02 Å². The largest absolute Gasteiger partial charge is 0.482 e. The van der Waals surface area contributed by atoms with Crippen molar-refractivity contribution in [3.05, 3.63) is 88.2 Å². The van der Waals surface area contributed by atoms with Crippen molar-refractivity contribution in [3.8, 4) is 16.9 Å². The third-order valence-electron chi connectivity index (χ3n) is 6.38. The summed E-state index contributed by atoms with van der Waals surface area (Å²) in [5.41, 5.74) is 4.59. The standard InChI is InChI=1S/C29H27ClN4O3/c1-29(2)10-8-18-13-20(17-6-7-22(24(30)15-17)27(35)31-3)14-23(25(18)37-29)28(36)33-12-9-19-16-34-26-21(19)5-4-11-32-26/h4-8,10-11,13-16H,9,12H2,1-3H3,(H,31,35)(H,32,34)(H,33,36). The Morgan fingerprint density at radius 1 is 1.08 bits per heavy atom. The predicted molar refractivity (Wildman–Crippen MR) is 146 cm³/mol. The quantitative estimate of drug-likeness (QED) is 0.321. The maximum absolute atomic E-state index is 13.4. The summed E-state index contributed by atoms with van der Waals surface area (Å²) in [6, 6.07) is 12.9. The van der Waals surface area contributed by atoms with E-state index in [0.717, 1.165) is 33.3 Å². The van der Waals surface area contributed by atoms with Gasteiger partial charge in [0.05, 0.1) is 16.1 Å². The molecule has 0 aliphatic carbocycles. The molecule has 0 radical (unpaired) electrons. The van der Waals surface area contributed by atoms with E-state index in [4.69, 9.17) is 16.3 Å². The minimum Gasteiger partial charge on any atom is -0.482 e. The molecule has 3 heterocycles. The smallest absolute Gasteiger partial charge is 0.255 e. The second-order valence-electron chi connectivity index (χ2n) is 9.47. The fourth-order valence-electron chi connectivity index (χ4n) is 4.45. The molecule has 2 amide bonds. The number of aromatic nitrogens is 2. The first-order chi connectivity index (χ1) is 17.8. The van der Waals surface area contributed by atoms with E-state index in [1.807, 2.05) is 62.5 Å². The maximum Gasteiger partial charge on any atom is 0.255 e. The topological polar surface area (TPSA) is 96.1 Å². The van der Waals surface area contributed by atoms with Crippen LogP contribution in [0.25, 0.3) is 28.2 Å². The molecule has 5 rings (SSSR count). The normalized spacial score (nSPS) is 13.6. The summed E-state index contributed by atoms with van der Waals surface area (Å²) in [6.07, 6.45) is 8.26. The van der Waals surface area contributed by atoms with E-state index in [1.54, 1.807) is 25.4 Å². The summed E-state index contributed by atoms with van der Waals surface area (Å²) in [5, 5.41) is 7.01. The lowest BCUT2D eigenvalue weighted by Crippen LogP contribution is -2.31. The van der Waals surface area contributed by atoms with Crippen molar-refractivity contribution in [2.45, 2.75) is 25.9 Å². The van der Waals surface area contributed by atoms with Crippen LogP contribution < -0.4 is 15.4 Å². The zero-order valence-corrected chi connectivity index (χ0v) is 21.6. The first-order valence-electron chi connectivity index (χ1n) is 12.0. The van der Waals surface area contributed by atoms with Crippen LogP contribution in [0.15, 0.2) is 60.9 Å². The van der Waals surface area contributed by atoms with Crippen molar-refractivity contribution in [3.63, 3.8) is 0 Å². The van der Waals surface area contributed by atoms with Gasteiger partial charge in [-0.1, -0.05) is 23.7 Å². The number of nitrogens with zero attached hydrogens (tertiary/aromatic N) is 1. The molecule has 8 heteroatoms. The Balaban J connectivity index is 1.45. The third kappa shape index (κ3) is 4.95. The van der Waals surface area contributed by atoms with Crippen molar-refractivity contribution in [1.29, 1.82) is 0 Å². The van der Waals surface area contributed by atoms with Crippen LogP contribution >= 0.6 is 11.6 Å². The van der Waals surface area contributed by atoms with Crippen LogP contribution in [0.4, 0.5) is 0 Å². The van der Waals surface area contributed by atoms with Crippen molar-refractivity contribution >= 4 is 40.5 Å². The number of pyridine rings is 1. The van der Waals surface area contributed by atoms with Gasteiger partial charge in [-0.25, -0.2) is 4.98 Å². The third-order valence-corrected chi connectivity index (χ3v) is 6.70. The molecule has 3 N–H and O–H groups in total. The lowest BCUT2D eigenvalue weighted by Gasteiger charge is -2.29.